The van der Waals surface area contributed by atoms with Gasteiger partial charge in [-0.05, 0) is 53.9 Å². The number of pyridine rings is 1. The highest BCUT2D eigenvalue weighted by atomic mass is 32.2. The Labute approximate surface area is 152 Å². The van der Waals surface area contributed by atoms with E-state index in [1.165, 1.54) is 0 Å². The molecule has 0 aliphatic heterocycles. The van der Waals surface area contributed by atoms with Gasteiger partial charge in [-0.2, -0.15) is 0 Å². The average molecular weight is 366 g/mol. The molecule has 0 saturated carbocycles. The summed E-state index contributed by atoms with van der Waals surface area (Å²) >= 11 is 0. The summed E-state index contributed by atoms with van der Waals surface area (Å²) in [6, 6.07) is 16.9. The van der Waals surface area contributed by atoms with Gasteiger partial charge in [-0.15, -0.1) is 0 Å². The number of hydrogen-bond acceptors (Lipinski definition) is 4. The topological polar surface area (TPSA) is 79.3 Å². The van der Waals surface area contributed by atoms with Gasteiger partial charge in [0, 0.05) is 6.20 Å². The molecule has 0 unspecified atom stereocenters. The van der Waals surface area contributed by atoms with Crippen LogP contribution in [0.25, 0.3) is 12.2 Å². The van der Waals surface area contributed by atoms with Crippen molar-refractivity contribution >= 4 is 28.0 Å². The van der Waals surface area contributed by atoms with Gasteiger partial charge in [0.1, 0.15) is 11.6 Å². The Morgan fingerprint density at radius 2 is 1.50 bits per heavy atom. The van der Waals surface area contributed by atoms with Crippen molar-refractivity contribution in [2.45, 2.75) is 11.8 Å². The fourth-order valence-corrected chi connectivity index (χ4v) is 3.40. The summed E-state index contributed by atoms with van der Waals surface area (Å²) in [7, 11) is -3.69. The third-order valence-electron chi connectivity index (χ3n) is 3.79. The van der Waals surface area contributed by atoms with E-state index in [0.717, 1.165) is 16.7 Å². The number of hydrogen-bond donors (Lipinski definition) is 2. The number of phenolic OH excluding ortho intramolecular Hbond substituents is 1. The molecule has 0 fully saturated rings. The van der Waals surface area contributed by atoms with Crippen LogP contribution in [-0.4, -0.2) is 18.5 Å². The number of phenols is 1. The molecule has 0 amide bonds. The Kier molecular flexibility index (Phi) is 5.04. The third kappa shape index (κ3) is 4.29. The van der Waals surface area contributed by atoms with Gasteiger partial charge in [0.2, 0.25) is 0 Å². The number of aryl methyl sites for hydroxylation is 1. The lowest BCUT2D eigenvalue weighted by molar-refractivity contribution is 0.475. The molecule has 1 aromatic heterocycles. The van der Waals surface area contributed by atoms with Crippen LogP contribution in [0.2, 0.25) is 0 Å². The maximum atomic E-state index is 12.5. The molecule has 2 aromatic carbocycles. The summed E-state index contributed by atoms with van der Waals surface area (Å²) in [5, 5.41) is 9.28. The molecule has 2 N–H and O–H groups in total. The van der Waals surface area contributed by atoms with Crippen LogP contribution in [0.5, 0.6) is 5.75 Å². The van der Waals surface area contributed by atoms with E-state index < -0.39 is 10.0 Å². The van der Waals surface area contributed by atoms with Crippen molar-refractivity contribution in [2.75, 3.05) is 4.72 Å². The van der Waals surface area contributed by atoms with Crippen LogP contribution in [-0.2, 0) is 10.0 Å². The van der Waals surface area contributed by atoms with E-state index >= 15 is 0 Å². The molecule has 0 aliphatic carbocycles. The number of aromatic hydroxyl groups is 1. The minimum Gasteiger partial charge on any atom is -0.508 e. The van der Waals surface area contributed by atoms with Crippen LogP contribution < -0.4 is 4.72 Å². The number of aromatic nitrogens is 1. The second-order valence-corrected chi connectivity index (χ2v) is 7.45. The van der Waals surface area contributed by atoms with Crippen LogP contribution in [0.15, 0.2) is 71.8 Å². The van der Waals surface area contributed by atoms with Crippen molar-refractivity contribution in [3.8, 4) is 5.75 Å². The number of anilines is 1. The predicted octanol–water partition coefficient (Wildman–Crippen LogP) is 4.07. The summed E-state index contributed by atoms with van der Waals surface area (Å²) < 4.78 is 27.5. The molecule has 0 saturated heterocycles. The molecule has 6 heteroatoms. The van der Waals surface area contributed by atoms with Gasteiger partial charge in [-0.3, -0.25) is 4.72 Å². The van der Waals surface area contributed by atoms with Crippen molar-refractivity contribution in [3.63, 3.8) is 0 Å². The third-order valence-corrected chi connectivity index (χ3v) is 5.15. The van der Waals surface area contributed by atoms with E-state index in [2.05, 4.69) is 9.71 Å². The first-order chi connectivity index (χ1) is 12.4. The summed E-state index contributed by atoms with van der Waals surface area (Å²) in [6.07, 6.45) is 5.31. The normalized spacial score (nSPS) is 11.6. The molecule has 0 atom stereocenters. The van der Waals surface area contributed by atoms with Gasteiger partial charge in [0.25, 0.3) is 10.0 Å². The highest BCUT2D eigenvalue weighted by molar-refractivity contribution is 7.92. The van der Waals surface area contributed by atoms with E-state index in [1.54, 1.807) is 73.8 Å². The van der Waals surface area contributed by atoms with E-state index in [0.29, 0.717) is 5.82 Å². The molecule has 3 rings (SSSR count). The van der Waals surface area contributed by atoms with Crippen LogP contribution in [0.4, 0.5) is 5.82 Å². The minimum absolute atomic E-state index is 0.171. The monoisotopic (exact) mass is 366 g/mol. The van der Waals surface area contributed by atoms with E-state index in [9.17, 15) is 13.5 Å². The predicted molar refractivity (Wildman–Crippen MR) is 103 cm³/mol. The maximum Gasteiger partial charge on any atom is 0.263 e. The second-order valence-electron chi connectivity index (χ2n) is 5.77. The molecule has 0 aliphatic rings. The zero-order valence-corrected chi connectivity index (χ0v) is 14.9. The average Bonchev–Trinajstić information content (AvgIpc) is 2.63. The summed E-state index contributed by atoms with van der Waals surface area (Å²) in [5.74, 6) is 0.538. The lowest BCUT2D eigenvalue weighted by Gasteiger charge is -2.09. The van der Waals surface area contributed by atoms with E-state index in [1.807, 2.05) is 12.2 Å². The van der Waals surface area contributed by atoms with Gasteiger partial charge < -0.3 is 5.11 Å². The van der Waals surface area contributed by atoms with Gasteiger partial charge in [-0.1, -0.05) is 42.5 Å². The quantitative estimate of drug-likeness (QED) is 0.667. The van der Waals surface area contributed by atoms with Gasteiger partial charge >= 0.3 is 0 Å². The molecule has 0 spiro atoms. The van der Waals surface area contributed by atoms with Crippen molar-refractivity contribution in [1.29, 1.82) is 0 Å². The van der Waals surface area contributed by atoms with Crippen molar-refractivity contribution < 1.29 is 13.5 Å². The Bertz CT molecular complexity index is 1030. The zero-order valence-electron chi connectivity index (χ0n) is 14.1. The fraction of sp³-hybridized carbons (Fsp3) is 0.0500. The molecule has 26 heavy (non-hydrogen) atoms. The number of nitrogens with zero attached hydrogens (tertiary/aromatic N) is 1. The SMILES string of the molecule is Cc1cccnc1NS(=O)(=O)c1ccc(C=Cc2ccc(O)cc2)cc1. The molecule has 132 valence electrons. The second kappa shape index (κ2) is 7.41. The van der Waals surface area contributed by atoms with Crippen molar-refractivity contribution in [1.82, 2.24) is 4.98 Å². The molecule has 1 heterocycles. The van der Waals surface area contributed by atoms with Gasteiger partial charge in [0.05, 0.1) is 4.90 Å². The Morgan fingerprint density at radius 3 is 2.08 bits per heavy atom. The molecule has 5 nitrogen and oxygen atoms in total. The Morgan fingerprint density at radius 1 is 0.923 bits per heavy atom. The van der Waals surface area contributed by atoms with Gasteiger partial charge in [-0.25, -0.2) is 13.4 Å². The zero-order chi connectivity index (χ0) is 18.6. The van der Waals surface area contributed by atoms with Crippen molar-refractivity contribution in [3.05, 3.63) is 83.6 Å². The van der Waals surface area contributed by atoms with Crippen LogP contribution in [0.3, 0.4) is 0 Å². The molecule has 0 radical (unpaired) electrons. The van der Waals surface area contributed by atoms with Crippen LogP contribution >= 0.6 is 0 Å². The standard InChI is InChI=1S/C20H18N2O3S/c1-15-3-2-14-21-20(15)22-26(24,25)19-12-8-17(9-13-19)5-4-16-6-10-18(23)11-7-16/h2-14,23H,1H3,(H,21,22). The Hall–Kier alpha value is -3.12. The van der Waals surface area contributed by atoms with Crippen molar-refractivity contribution in [2.24, 2.45) is 0 Å². The van der Waals surface area contributed by atoms with Crippen LogP contribution in [0, 0.1) is 6.92 Å². The number of nitrogens with one attached hydrogen (secondary N) is 1. The van der Waals surface area contributed by atoms with Crippen LogP contribution in [0.1, 0.15) is 16.7 Å². The van der Waals surface area contributed by atoms with E-state index in [-0.39, 0.29) is 10.6 Å². The smallest absolute Gasteiger partial charge is 0.263 e. The maximum absolute atomic E-state index is 12.5. The Balaban J connectivity index is 1.76. The highest BCUT2D eigenvalue weighted by Gasteiger charge is 2.15. The molecule has 0 bridgehead atoms. The van der Waals surface area contributed by atoms with E-state index in [4.69, 9.17) is 0 Å². The number of benzene rings is 2. The largest absolute Gasteiger partial charge is 0.508 e. The summed E-state index contributed by atoms with van der Waals surface area (Å²) in [4.78, 5) is 4.23. The highest BCUT2D eigenvalue weighted by Crippen LogP contribution is 2.19. The molecule has 3 aromatic rings. The summed E-state index contributed by atoms with van der Waals surface area (Å²) in [5.41, 5.74) is 2.56. The first kappa shape index (κ1) is 17.7. The number of rotatable bonds is 5. The van der Waals surface area contributed by atoms with Gasteiger partial charge in [0.15, 0.2) is 0 Å². The lowest BCUT2D eigenvalue weighted by atomic mass is 10.1. The molecular formula is C20H18N2O3S. The number of sulfonamides is 1. The first-order valence-corrected chi connectivity index (χ1v) is 9.44. The lowest BCUT2D eigenvalue weighted by Crippen LogP contribution is -2.14. The minimum atomic E-state index is -3.69. The fourth-order valence-electron chi connectivity index (χ4n) is 2.31. The first-order valence-electron chi connectivity index (χ1n) is 7.96. The summed E-state index contributed by atoms with van der Waals surface area (Å²) in [6.45, 7) is 1.79. The molecular weight excluding hydrogens is 348 g/mol.